The zero-order valence-electron chi connectivity index (χ0n) is 17.4. The van der Waals surface area contributed by atoms with Crippen molar-refractivity contribution < 1.29 is 37.0 Å². The minimum Gasteiger partial charge on any atom is -0.374 e. The summed E-state index contributed by atoms with van der Waals surface area (Å²) in [6.45, 7) is 8.92. The summed E-state index contributed by atoms with van der Waals surface area (Å²) in [6, 6.07) is 0.664. The van der Waals surface area contributed by atoms with E-state index >= 15 is 0 Å². The quantitative estimate of drug-likeness (QED) is 0.192. The summed E-state index contributed by atoms with van der Waals surface area (Å²) in [5, 5.41) is 2.82. The number of ether oxygens (including phenoxy) is 4. The number of rotatable bonds is 19. The van der Waals surface area contributed by atoms with Crippen molar-refractivity contribution in [1.29, 1.82) is 0 Å². The maximum atomic E-state index is 11.8. The van der Waals surface area contributed by atoms with Crippen LogP contribution in [0.25, 0.3) is 0 Å². The van der Waals surface area contributed by atoms with Gasteiger partial charge in [-0.1, -0.05) is 0 Å². The predicted octanol–water partition coefficient (Wildman–Crippen LogP) is 1.19. The fourth-order valence-corrected chi connectivity index (χ4v) is 4.89. The van der Waals surface area contributed by atoms with Gasteiger partial charge in [-0.05, 0) is 27.2 Å². The van der Waals surface area contributed by atoms with E-state index in [-0.39, 0.29) is 12.5 Å². The van der Waals surface area contributed by atoms with Gasteiger partial charge in [-0.25, -0.2) is 0 Å². The van der Waals surface area contributed by atoms with E-state index in [1.807, 2.05) is 20.8 Å². The zero-order chi connectivity index (χ0) is 20.4. The maximum Gasteiger partial charge on any atom is 0.500 e. The maximum absolute atomic E-state index is 11.8. The van der Waals surface area contributed by atoms with Crippen molar-refractivity contribution in [3.8, 4) is 0 Å². The standard InChI is InChI=1S/C17H37NO8Si/c1-6-24-27(25-7-2,26-8-3)13-9-10-18-16(19)14-22-11-12-23-15-17(20-4)21-5/h17H,6-15H2,1-5H3,(H,18,19). The Balaban J connectivity index is 3.85. The van der Waals surface area contributed by atoms with Gasteiger partial charge in [-0.15, -0.1) is 0 Å². The molecule has 0 aromatic rings. The van der Waals surface area contributed by atoms with E-state index in [1.54, 1.807) is 14.2 Å². The lowest BCUT2D eigenvalue weighted by Crippen LogP contribution is -2.46. The van der Waals surface area contributed by atoms with Gasteiger partial charge in [-0.2, -0.15) is 0 Å². The highest BCUT2D eigenvalue weighted by atomic mass is 28.4. The second-order valence-corrected chi connectivity index (χ2v) is 8.20. The highest BCUT2D eigenvalue weighted by molar-refractivity contribution is 6.60. The molecule has 0 fully saturated rings. The Morgan fingerprint density at radius 1 is 0.926 bits per heavy atom. The summed E-state index contributed by atoms with van der Waals surface area (Å²) in [5.74, 6) is -0.168. The van der Waals surface area contributed by atoms with Crippen molar-refractivity contribution in [2.45, 2.75) is 39.5 Å². The van der Waals surface area contributed by atoms with Crippen LogP contribution in [-0.2, 0) is 37.0 Å². The lowest BCUT2D eigenvalue weighted by molar-refractivity contribution is -0.144. The number of methoxy groups -OCH3 is 2. The predicted molar refractivity (Wildman–Crippen MR) is 103 cm³/mol. The lowest BCUT2D eigenvalue weighted by atomic mass is 10.4. The van der Waals surface area contributed by atoms with Gasteiger partial charge in [0.05, 0.1) is 19.8 Å². The van der Waals surface area contributed by atoms with Gasteiger partial charge in [0.1, 0.15) is 6.61 Å². The van der Waals surface area contributed by atoms with Crippen molar-refractivity contribution in [3.05, 3.63) is 0 Å². The van der Waals surface area contributed by atoms with Crippen molar-refractivity contribution in [1.82, 2.24) is 5.32 Å². The van der Waals surface area contributed by atoms with Gasteiger partial charge in [0.15, 0.2) is 6.29 Å². The van der Waals surface area contributed by atoms with Gasteiger partial charge in [0, 0.05) is 46.6 Å². The molecule has 0 aromatic carbocycles. The van der Waals surface area contributed by atoms with Crippen LogP contribution >= 0.6 is 0 Å². The number of carbonyl (C=O) groups excluding carboxylic acids is 1. The molecule has 0 saturated heterocycles. The van der Waals surface area contributed by atoms with Crippen LogP contribution < -0.4 is 5.32 Å². The summed E-state index contributed by atoms with van der Waals surface area (Å²) in [6.07, 6.45) is 0.324. The fourth-order valence-electron chi connectivity index (χ4n) is 2.28. The Bertz CT molecular complexity index is 341. The molecule has 27 heavy (non-hydrogen) atoms. The SMILES string of the molecule is CCO[Si](CCCNC(=O)COCCOCC(OC)OC)(OCC)OCC. The van der Waals surface area contributed by atoms with Crippen LogP contribution in [0.5, 0.6) is 0 Å². The second-order valence-electron chi connectivity index (χ2n) is 5.46. The summed E-state index contributed by atoms with van der Waals surface area (Å²) in [7, 11) is 0.444. The molecule has 0 aliphatic heterocycles. The van der Waals surface area contributed by atoms with Crippen LogP contribution in [0.4, 0.5) is 0 Å². The average Bonchev–Trinajstić information content (AvgIpc) is 2.65. The summed E-state index contributed by atoms with van der Waals surface area (Å²) in [5.41, 5.74) is 0. The largest absolute Gasteiger partial charge is 0.500 e. The Morgan fingerprint density at radius 2 is 1.48 bits per heavy atom. The Labute approximate surface area is 164 Å². The molecule has 0 unspecified atom stereocenters. The first-order valence-electron chi connectivity index (χ1n) is 9.47. The molecule has 162 valence electrons. The number of carbonyl (C=O) groups is 1. The molecule has 0 aliphatic rings. The Hall–Kier alpha value is -0.593. The summed E-state index contributed by atoms with van der Waals surface area (Å²) in [4.78, 5) is 11.8. The van der Waals surface area contributed by atoms with E-state index in [9.17, 15) is 4.79 Å². The third-order valence-corrected chi connectivity index (χ3v) is 6.61. The first kappa shape index (κ1) is 26.4. The molecule has 0 atom stereocenters. The topological polar surface area (TPSA) is 93.7 Å². The Morgan fingerprint density at radius 3 is 2.00 bits per heavy atom. The van der Waals surface area contributed by atoms with E-state index in [0.29, 0.717) is 52.2 Å². The minimum absolute atomic E-state index is 0.00764. The van der Waals surface area contributed by atoms with Gasteiger partial charge in [-0.3, -0.25) is 4.79 Å². The monoisotopic (exact) mass is 411 g/mol. The van der Waals surface area contributed by atoms with Gasteiger partial charge in [0.25, 0.3) is 0 Å². The second kappa shape index (κ2) is 17.5. The molecular formula is C17H37NO8Si. The van der Waals surface area contributed by atoms with E-state index in [1.165, 1.54) is 0 Å². The first-order chi connectivity index (χ1) is 13.1. The van der Waals surface area contributed by atoms with Crippen LogP contribution in [0.2, 0.25) is 6.04 Å². The Kier molecular flexibility index (Phi) is 17.1. The third kappa shape index (κ3) is 13.3. The van der Waals surface area contributed by atoms with Crippen molar-refractivity contribution in [2.75, 3.05) is 67.0 Å². The van der Waals surface area contributed by atoms with E-state index in [0.717, 1.165) is 6.42 Å². The van der Waals surface area contributed by atoms with E-state index < -0.39 is 15.1 Å². The van der Waals surface area contributed by atoms with Crippen LogP contribution in [0, 0.1) is 0 Å². The molecule has 1 amide bonds. The highest BCUT2D eigenvalue weighted by Crippen LogP contribution is 2.17. The third-order valence-electron chi connectivity index (χ3n) is 3.46. The van der Waals surface area contributed by atoms with Gasteiger partial charge >= 0.3 is 8.80 Å². The molecule has 0 heterocycles. The molecule has 0 spiro atoms. The normalized spacial score (nSPS) is 11.9. The number of hydrogen-bond acceptors (Lipinski definition) is 8. The number of amides is 1. The molecule has 9 nitrogen and oxygen atoms in total. The molecule has 1 N–H and O–H groups in total. The van der Waals surface area contributed by atoms with Crippen LogP contribution in [0.3, 0.4) is 0 Å². The van der Waals surface area contributed by atoms with Crippen molar-refractivity contribution >= 4 is 14.7 Å². The molecule has 0 rings (SSSR count). The molecule has 10 heteroatoms. The molecule has 0 saturated carbocycles. The average molecular weight is 412 g/mol. The van der Waals surface area contributed by atoms with Gasteiger partial charge in [0.2, 0.25) is 5.91 Å². The fraction of sp³-hybridized carbons (Fsp3) is 0.941. The van der Waals surface area contributed by atoms with Crippen LogP contribution in [0.15, 0.2) is 0 Å². The smallest absolute Gasteiger partial charge is 0.374 e. The van der Waals surface area contributed by atoms with Crippen molar-refractivity contribution in [2.24, 2.45) is 0 Å². The highest BCUT2D eigenvalue weighted by Gasteiger charge is 2.39. The minimum atomic E-state index is -2.64. The molecule has 0 bridgehead atoms. The lowest BCUT2D eigenvalue weighted by Gasteiger charge is -2.28. The van der Waals surface area contributed by atoms with E-state index in [2.05, 4.69) is 5.32 Å². The van der Waals surface area contributed by atoms with Gasteiger partial charge < -0.3 is 37.5 Å². The first-order valence-corrected chi connectivity index (χ1v) is 11.4. The molecule has 0 aliphatic carbocycles. The molecule has 0 aromatic heterocycles. The summed E-state index contributed by atoms with van der Waals surface area (Å²) < 4.78 is 37.9. The summed E-state index contributed by atoms with van der Waals surface area (Å²) >= 11 is 0. The zero-order valence-corrected chi connectivity index (χ0v) is 18.4. The number of hydrogen-bond donors (Lipinski definition) is 1. The molecule has 0 radical (unpaired) electrons. The van der Waals surface area contributed by atoms with Crippen molar-refractivity contribution in [3.63, 3.8) is 0 Å². The number of nitrogens with one attached hydrogen (secondary N) is 1. The molecular weight excluding hydrogens is 374 g/mol. The van der Waals surface area contributed by atoms with Crippen LogP contribution in [-0.4, -0.2) is 88.0 Å². The van der Waals surface area contributed by atoms with Crippen LogP contribution in [0.1, 0.15) is 27.2 Å². The van der Waals surface area contributed by atoms with E-state index in [4.69, 9.17) is 32.2 Å².